The van der Waals surface area contributed by atoms with Crippen LogP contribution >= 0.6 is 0 Å². The van der Waals surface area contributed by atoms with Gasteiger partial charge in [0.15, 0.2) is 0 Å². The number of hydrogen-bond acceptors (Lipinski definition) is 2. The van der Waals surface area contributed by atoms with E-state index in [0.29, 0.717) is 12.1 Å². The summed E-state index contributed by atoms with van der Waals surface area (Å²) in [4.78, 5) is 2.36. The first-order chi connectivity index (χ1) is 7.77. The van der Waals surface area contributed by atoms with Crippen LogP contribution in [0, 0.1) is 0 Å². The summed E-state index contributed by atoms with van der Waals surface area (Å²) >= 11 is 0. The van der Waals surface area contributed by atoms with Crippen molar-refractivity contribution >= 4 is 0 Å². The molecule has 0 aliphatic heterocycles. The monoisotopic (exact) mass is 218 g/mol. The predicted octanol–water partition coefficient (Wildman–Crippen LogP) is 2.26. The lowest BCUT2D eigenvalue weighted by atomic mass is 10.1. The van der Waals surface area contributed by atoms with E-state index in [-0.39, 0.29) is 0 Å². The molecule has 0 saturated heterocycles. The van der Waals surface area contributed by atoms with Gasteiger partial charge in [-0.2, -0.15) is 0 Å². The topological polar surface area (TPSA) is 15.3 Å². The van der Waals surface area contributed by atoms with E-state index in [1.807, 2.05) is 0 Å². The van der Waals surface area contributed by atoms with Gasteiger partial charge < -0.3 is 10.2 Å². The number of likely N-dealkylation sites (N-methyl/N-ethyl adjacent to an activating group) is 1. The highest BCUT2D eigenvalue weighted by molar-refractivity contribution is 5.14. The minimum atomic E-state index is 0.662. The summed E-state index contributed by atoms with van der Waals surface area (Å²) in [5, 5.41) is 3.69. The maximum atomic E-state index is 3.69. The normalized spacial score (nSPS) is 25.2. The predicted molar refractivity (Wildman–Crippen MR) is 68.4 cm³/mol. The maximum absolute atomic E-state index is 3.69. The molecule has 1 fully saturated rings. The maximum Gasteiger partial charge on any atom is 0.0243 e. The van der Waals surface area contributed by atoms with Crippen LogP contribution < -0.4 is 5.32 Å². The van der Waals surface area contributed by atoms with Crippen molar-refractivity contribution in [2.45, 2.75) is 37.9 Å². The molecule has 0 heterocycles. The van der Waals surface area contributed by atoms with Gasteiger partial charge in [0.2, 0.25) is 0 Å². The molecule has 16 heavy (non-hydrogen) atoms. The zero-order chi connectivity index (χ0) is 11.4. The summed E-state index contributed by atoms with van der Waals surface area (Å²) in [5.41, 5.74) is 1.38. The van der Waals surface area contributed by atoms with Crippen LogP contribution in [0.4, 0.5) is 0 Å². The van der Waals surface area contributed by atoms with Gasteiger partial charge in [-0.25, -0.2) is 0 Å². The van der Waals surface area contributed by atoms with E-state index in [1.54, 1.807) is 0 Å². The molecule has 0 spiro atoms. The Hall–Kier alpha value is -0.860. The Morgan fingerprint density at radius 2 is 1.94 bits per heavy atom. The van der Waals surface area contributed by atoms with Gasteiger partial charge in [-0.3, -0.25) is 0 Å². The largest absolute Gasteiger partial charge is 0.308 e. The molecule has 1 aliphatic rings. The van der Waals surface area contributed by atoms with Crippen LogP contribution in [0.25, 0.3) is 0 Å². The lowest BCUT2D eigenvalue weighted by Crippen LogP contribution is -2.43. The summed E-state index contributed by atoms with van der Waals surface area (Å²) in [6, 6.07) is 12.0. The van der Waals surface area contributed by atoms with Gasteiger partial charge in [-0.15, -0.1) is 0 Å². The molecule has 2 atom stereocenters. The van der Waals surface area contributed by atoms with Crippen molar-refractivity contribution in [3.63, 3.8) is 0 Å². The van der Waals surface area contributed by atoms with Crippen molar-refractivity contribution in [2.24, 2.45) is 0 Å². The minimum absolute atomic E-state index is 0.662. The fourth-order valence-electron chi connectivity index (χ4n) is 2.64. The molecule has 1 aromatic carbocycles. The van der Waals surface area contributed by atoms with E-state index in [1.165, 1.54) is 24.8 Å². The van der Waals surface area contributed by atoms with Gasteiger partial charge in [-0.05, 0) is 32.5 Å². The molecule has 1 aromatic rings. The highest BCUT2D eigenvalue weighted by atomic mass is 15.1. The van der Waals surface area contributed by atoms with E-state index in [4.69, 9.17) is 0 Å². The SMILES string of the molecule is CN(C)[C@H]1CCC[C@@H]1NCc1ccccc1. The number of benzene rings is 1. The van der Waals surface area contributed by atoms with E-state index in [0.717, 1.165) is 6.54 Å². The quantitative estimate of drug-likeness (QED) is 0.834. The molecule has 2 heteroatoms. The van der Waals surface area contributed by atoms with Crippen molar-refractivity contribution in [3.05, 3.63) is 35.9 Å². The molecule has 1 N–H and O–H groups in total. The first-order valence-corrected chi connectivity index (χ1v) is 6.21. The van der Waals surface area contributed by atoms with Crippen molar-refractivity contribution in [1.29, 1.82) is 0 Å². The highest BCUT2D eigenvalue weighted by Gasteiger charge is 2.27. The lowest BCUT2D eigenvalue weighted by Gasteiger charge is -2.27. The molecule has 0 aromatic heterocycles. The molecule has 2 rings (SSSR count). The number of nitrogens with one attached hydrogen (secondary N) is 1. The summed E-state index contributed by atoms with van der Waals surface area (Å²) in [6.07, 6.45) is 4.00. The van der Waals surface area contributed by atoms with Gasteiger partial charge in [-0.1, -0.05) is 36.8 Å². The molecular weight excluding hydrogens is 196 g/mol. The fraction of sp³-hybridized carbons (Fsp3) is 0.571. The number of hydrogen-bond donors (Lipinski definition) is 1. The molecule has 1 saturated carbocycles. The Kier molecular flexibility index (Phi) is 3.97. The van der Waals surface area contributed by atoms with E-state index in [2.05, 4.69) is 54.6 Å². The third-order valence-corrected chi connectivity index (χ3v) is 3.55. The molecule has 1 aliphatic carbocycles. The molecule has 0 radical (unpaired) electrons. The van der Waals surface area contributed by atoms with Crippen molar-refractivity contribution in [2.75, 3.05) is 14.1 Å². The van der Waals surface area contributed by atoms with Crippen LogP contribution in [0.5, 0.6) is 0 Å². The van der Waals surface area contributed by atoms with Crippen LogP contribution in [0.2, 0.25) is 0 Å². The summed E-state index contributed by atoms with van der Waals surface area (Å²) in [7, 11) is 4.38. The summed E-state index contributed by atoms with van der Waals surface area (Å²) in [5.74, 6) is 0. The van der Waals surface area contributed by atoms with Crippen molar-refractivity contribution in [3.8, 4) is 0 Å². The number of rotatable bonds is 4. The first kappa shape index (κ1) is 11.6. The van der Waals surface area contributed by atoms with Crippen molar-refractivity contribution in [1.82, 2.24) is 10.2 Å². The Balaban J connectivity index is 1.86. The van der Waals surface area contributed by atoms with E-state index < -0.39 is 0 Å². The summed E-state index contributed by atoms with van der Waals surface area (Å²) in [6.45, 7) is 0.996. The van der Waals surface area contributed by atoms with Crippen LogP contribution in [0.1, 0.15) is 24.8 Å². The smallest absolute Gasteiger partial charge is 0.0243 e. The van der Waals surface area contributed by atoms with Crippen LogP contribution in [-0.4, -0.2) is 31.1 Å². The van der Waals surface area contributed by atoms with Crippen molar-refractivity contribution < 1.29 is 0 Å². The summed E-state index contributed by atoms with van der Waals surface area (Å²) < 4.78 is 0. The van der Waals surface area contributed by atoms with Crippen LogP contribution in [-0.2, 0) is 6.54 Å². The fourth-order valence-corrected chi connectivity index (χ4v) is 2.64. The second-order valence-electron chi connectivity index (χ2n) is 4.93. The molecule has 0 amide bonds. The van der Waals surface area contributed by atoms with E-state index in [9.17, 15) is 0 Å². The van der Waals surface area contributed by atoms with Gasteiger partial charge in [0.1, 0.15) is 0 Å². The second-order valence-corrected chi connectivity index (χ2v) is 4.93. The van der Waals surface area contributed by atoms with E-state index >= 15 is 0 Å². The van der Waals surface area contributed by atoms with Gasteiger partial charge in [0.25, 0.3) is 0 Å². The second kappa shape index (κ2) is 5.46. The number of nitrogens with zero attached hydrogens (tertiary/aromatic N) is 1. The Morgan fingerprint density at radius 3 is 2.62 bits per heavy atom. The minimum Gasteiger partial charge on any atom is -0.308 e. The van der Waals surface area contributed by atoms with Gasteiger partial charge >= 0.3 is 0 Å². The molecule has 2 nitrogen and oxygen atoms in total. The molecule has 0 bridgehead atoms. The van der Waals surface area contributed by atoms with Gasteiger partial charge in [0.05, 0.1) is 0 Å². The molecular formula is C14H22N2. The zero-order valence-corrected chi connectivity index (χ0v) is 10.3. The first-order valence-electron chi connectivity index (χ1n) is 6.21. The average Bonchev–Trinajstić information content (AvgIpc) is 2.76. The molecule has 88 valence electrons. The van der Waals surface area contributed by atoms with Crippen LogP contribution in [0.15, 0.2) is 30.3 Å². The Bertz CT molecular complexity index is 308. The average molecular weight is 218 g/mol. The van der Waals surface area contributed by atoms with Gasteiger partial charge in [0, 0.05) is 18.6 Å². The standard InChI is InChI=1S/C14H22N2/c1-16(2)14-10-6-9-13(14)15-11-12-7-4-3-5-8-12/h3-5,7-8,13-15H,6,9-11H2,1-2H3/t13-,14-/m0/s1. The third-order valence-electron chi connectivity index (χ3n) is 3.55. The third kappa shape index (κ3) is 2.83. The Labute approximate surface area is 98.7 Å². The van der Waals surface area contributed by atoms with Crippen LogP contribution in [0.3, 0.4) is 0 Å². The molecule has 0 unspecified atom stereocenters. The zero-order valence-electron chi connectivity index (χ0n) is 10.3. The lowest BCUT2D eigenvalue weighted by molar-refractivity contribution is 0.252. The Morgan fingerprint density at radius 1 is 1.19 bits per heavy atom. The highest BCUT2D eigenvalue weighted by Crippen LogP contribution is 2.22.